The number of aromatic nitrogens is 1. The third-order valence-corrected chi connectivity index (χ3v) is 2.82. The zero-order valence-electron chi connectivity index (χ0n) is 9.12. The minimum Gasteiger partial charge on any atom is -0.791 e. The molecule has 78 valence electrons. The fourth-order valence-electron chi connectivity index (χ4n) is 1.23. The Hall–Kier alpha value is -0.554. The third kappa shape index (κ3) is 3.45. The van der Waals surface area contributed by atoms with Crippen molar-refractivity contribution < 1.29 is 51.4 Å². The molecule has 0 saturated carbocycles. The van der Waals surface area contributed by atoms with Crippen LogP contribution in [0.25, 0.3) is 11.3 Å². The summed E-state index contributed by atoms with van der Waals surface area (Å²) in [7, 11) is 0. The molecular weight excluding hydrogens is 261 g/mol. The maximum atomic E-state index is 10.3. The Labute approximate surface area is 145 Å². The molecule has 6 heteroatoms. The number of rotatable bonds is 2. The van der Waals surface area contributed by atoms with Gasteiger partial charge in [-0.3, -0.25) is 0 Å². The van der Waals surface area contributed by atoms with Crippen LogP contribution in [0.4, 0.5) is 0 Å². The Morgan fingerprint density at radius 3 is 2.65 bits per heavy atom. The van der Waals surface area contributed by atoms with Gasteiger partial charge in [0.05, 0.1) is 5.69 Å². The number of nitriles is 1. The van der Waals surface area contributed by atoms with Gasteiger partial charge in [0, 0.05) is 10.9 Å². The number of thiazole rings is 1. The van der Waals surface area contributed by atoms with Crippen LogP contribution in [0.2, 0.25) is 0 Å². The van der Waals surface area contributed by atoms with Gasteiger partial charge in [0.1, 0.15) is 6.07 Å². The van der Waals surface area contributed by atoms with E-state index in [0.29, 0.717) is 5.01 Å². The molecule has 0 aliphatic heterocycles. The second-order valence-electron chi connectivity index (χ2n) is 2.96. The van der Waals surface area contributed by atoms with E-state index in [0.717, 1.165) is 11.3 Å². The Balaban J connectivity index is 0.00000144. The zero-order chi connectivity index (χ0) is 11.4. The summed E-state index contributed by atoms with van der Waals surface area (Å²) in [6.07, 6.45) is 0. The van der Waals surface area contributed by atoms with Crippen molar-refractivity contribution in [1.29, 1.82) is 5.26 Å². The van der Waals surface area contributed by atoms with Crippen molar-refractivity contribution in [2.24, 2.45) is 5.16 Å². The Morgan fingerprint density at radius 1 is 1.35 bits per heavy atom. The molecule has 0 aliphatic carbocycles. The average molecular weight is 267 g/mol. The van der Waals surface area contributed by atoms with Crippen molar-refractivity contribution in [1.82, 2.24) is 4.98 Å². The first-order chi connectivity index (χ1) is 7.85. The first kappa shape index (κ1) is 14.5. The van der Waals surface area contributed by atoms with E-state index in [-0.39, 0.29) is 57.1 Å². The van der Waals surface area contributed by atoms with Gasteiger partial charge in [-0.2, -0.15) is 5.26 Å². The smallest absolute Gasteiger partial charge is 0.791 e. The predicted octanol–water partition coefficient (Wildman–Crippen LogP) is -0.375. The van der Waals surface area contributed by atoms with E-state index in [1.807, 2.05) is 30.3 Å². The summed E-state index contributed by atoms with van der Waals surface area (Å²) in [5.74, 6) is 0. The van der Waals surface area contributed by atoms with E-state index >= 15 is 0 Å². The van der Waals surface area contributed by atoms with Crippen LogP contribution in [-0.4, -0.2) is 10.7 Å². The van der Waals surface area contributed by atoms with Crippen LogP contribution in [0.3, 0.4) is 0 Å². The Morgan fingerprint density at radius 2 is 2.06 bits per heavy atom. The summed E-state index contributed by atoms with van der Waals surface area (Å²) >= 11 is 1.24. The Bertz CT molecular complexity index is 560. The molecule has 1 aromatic heterocycles. The van der Waals surface area contributed by atoms with E-state index < -0.39 is 0 Å². The van der Waals surface area contributed by atoms with Gasteiger partial charge < -0.3 is 10.4 Å². The van der Waals surface area contributed by atoms with Gasteiger partial charge in [-0.1, -0.05) is 30.3 Å². The largest absolute Gasteiger partial charge is 1.00 e. The molecule has 0 amide bonds. The van der Waals surface area contributed by atoms with Crippen molar-refractivity contribution in [3.8, 4) is 17.3 Å². The first-order valence-corrected chi connectivity index (χ1v) is 5.35. The van der Waals surface area contributed by atoms with Crippen LogP contribution in [0, 0.1) is 16.5 Å². The summed E-state index contributed by atoms with van der Waals surface area (Å²) in [5, 5.41) is 23.8. The first-order valence-electron chi connectivity index (χ1n) is 4.47. The van der Waals surface area contributed by atoms with Gasteiger partial charge in [0.2, 0.25) is 0 Å². The quantitative estimate of drug-likeness (QED) is 0.423. The molecule has 0 N–H and O–H groups in total. The summed E-state index contributed by atoms with van der Waals surface area (Å²) in [6.45, 7) is 0. The van der Waals surface area contributed by atoms with E-state index in [1.165, 1.54) is 11.3 Å². The molecule has 0 atom stereocenters. The number of hydrogen-bond donors (Lipinski definition) is 0. The minimum absolute atomic E-state index is 0. The Kier molecular flexibility index (Phi) is 5.98. The van der Waals surface area contributed by atoms with Gasteiger partial charge >= 0.3 is 51.4 Å². The van der Waals surface area contributed by atoms with Crippen molar-refractivity contribution in [3.63, 3.8) is 0 Å². The second kappa shape index (κ2) is 7.01. The van der Waals surface area contributed by atoms with Crippen LogP contribution in [0.5, 0.6) is 0 Å². The van der Waals surface area contributed by atoms with Crippen molar-refractivity contribution in [2.45, 2.75) is 0 Å². The van der Waals surface area contributed by atoms with Crippen LogP contribution in [0.1, 0.15) is 5.01 Å². The van der Waals surface area contributed by atoms with Crippen LogP contribution >= 0.6 is 11.3 Å². The monoisotopic (exact) mass is 267 g/mol. The fraction of sp³-hybridized carbons (Fsp3) is 0. The molecule has 1 heterocycles. The summed E-state index contributed by atoms with van der Waals surface area (Å²) in [4.78, 5) is 4.19. The van der Waals surface area contributed by atoms with Crippen molar-refractivity contribution in [3.05, 3.63) is 45.9 Å². The number of nitrogens with zero attached hydrogens (tertiary/aromatic N) is 3. The maximum Gasteiger partial charge on any atom is 1.00 e. The molecule has 0 aliphatic rings. The minimum atomic E-state index is -0.174. The van der Waals surface area contributed by atoms with Gasteiger partial charge in [-0.05, 0) is 0 Å². The summed E-state index contributed by atoms with van der Waals surface area (Å²) in [6, 6.07) is 11.3. The molecule has 0 saturated heterocycles. The molecule has 0 bridgehead atoms. The standard InChI is InChI=1S/C11H7N3OS.K/c12-6-9(14-15)11-13-10(7-16-11)8-4-2-1-3-5-8;/h1-5,7,15H;/q;+1/p-1. The van der Waals surface area contributed by atoms with Gasteiger partial charge in [-0.15, -0.1) is 11.3 Å². The topological polar surface area (TPSA) is 72.1 Å². The molecule has 17 heavy (non-hydrogen) atoms. The zero-order valence-corrected chi connectivity index (χ0v) is 13.1. The van der Waals surface area contributed by atoms with E-state index in [2.05, 4.69) is 10.1 Å². The fourth-order valence-corrected chi connectivity index (χ4v) is 1.99. The van der Waals surface area contributed by atoms with Crippen molar-refractivity contribution in [2.75, 3.05) is 0 Å². The molecule has 0 unspecified atom stereocenters. The van der Waals surface area contributed by atoms with Crippen LogP contribution < -0.4 is 51.4 Å². The molecule has 1 aromatic carbocycles. The van der Waals surface area contributed by atoms with Crippen molar-refractivity contribution >= 4 is 17.0 Å². The molecule has 0 radical (unpaired) electrons. The molecule has 0 spiro atoms. The summed E-state index contributed by atoms with van der Waals surface area (Å²) < 4.78 is 0. The number of benzene rings is 1. The van der Waals surface area contributed by atoms with E-state index in [4.69, 9.17) is 5.26 Å². The normalized spacial score (nSPS) is 10.4. The maximum absolute atomic E-state index is 10.3. The van der Waals surface area contributed by atoms with Gasteiger partial charge in [-0.25, -0.2) is 4.98 Å². The number of hydrogen-bond acceptors (Lipinski definition) is 5. The second-order valence-corrected chi connectivity index (χ2v) is 3.81. The van der Waals surface area contributed by atoms with Crippen LogP contribution in [0.15, 0.2) is 40.9 Å². The van der Waals surface area contributed by atoms with Gasteiger partial charge in [0.15, 0.2) is 10.7 Å². The van der Waals surface area contributed by atoms with E-state index in [9.17, 15) is 5.21 Å². The molecule has 2 aromatic rings. The predicted molar refractivity (Wildman–Crippen MR) is 63.1 cm³/mol. The molecule has 2 rings (SSSR count). The summed E-state index contributed by atoms with van der Waals surface area (Å²) in [5.41, 5.74) is 1.53. The molecule has 4 nitrogen and oxygen atoms in total. The molecule has 0 fully saturated rings. The third-order valence-electron chi connectivity index (χ3n) is 1.97. The van der Waals surface area contributed by atoms with Gasteiger partial charge in [0.25, 0.3) is 0 Å². The van der Waals surface area contributed by atoms with Crippen LogP contribution in [-0.2, 0) is 0 Å². The molecular formula is C11H6KN3OS. The average Bonchev–Trinajstić information content (AvgIpc) is 2.81. The van der Waals surface area contributed by atoms with E-state index in [1.54, 1.807) is 11.4 Å². The SMILES string of the molecule is N#CC(=N[O-])c1nc(-c2ccccc2)cs1.[K+].